The first-order valence-electron chi connectivity index (χ1n) is 9.36. The summed E-state index contributed by atoms with van der Waals surface area (Å²) in [7, 11) is 0. The quantitative estimate of drug-likeness (QED) is 0.577. The molecule has 0 aliphatic heterocycles. The topological polar surface area (TPSA) is 103 Å². The number of esters is 1. The Bertz CT molecular complexity index is 1170. The monoisotopic (exact) mass is 431 g/mol. The number of amides is 1. The molecule has 1 amide bonds. The molecule has 0 unspecified atom stereocenters. The standard InChI is InChI=1S/C21H19F2N3O5/c1-3-30-21(29)18(11-13-6-7-14(22)15(23)10-13)26-8-4-5-16(20(26)28)24-19(27)17-9-12(2)31-25-17/h4-10,18H,3,11H2,1-2H3,(H,24,27)/t18-/m1/s1. The van der Waals surface area contributed by atoms with Gasteiger partial charge in [0.05, 0.1) is 6.61 Å². The zero-order valence-electron chi connectivity index (χ0n) is 16.7. The van der Waals surface area contributed by atoms with Crippen LogP contribution in [0.25, 0.3) is 0 Å². The molecular weight excluding hydrogens is 412 g/mol. The summed E-state index contributed by atoms with van der Waals surface area (Å²) in [6.45, 7) is 3.27. The summed E-state index contributed by atoms with van der Waals surface area (Å²) in [6.07, 6.45) is 1.22. The van der Waals surface area contributed by atoms with E-state index in [2.05, 4.69) is 10.5 Å². The fourth-order valence-electron chi connectivity index (χ4n) is 2.93. The van der Waals surface area contributed by atoms with Crippen LogP contribution in [-0.2, 0) is 16.0 Å². The molecule has 0 fully saturated rings. The third-order valence-electron chi connectivity index (χ3n) is 4.39. The van der Waals surface area contributed by atoms with Crippen molar-refractivity contribution in [3.05, 3.63) is 81.6 Å². The van der Waals surface area contributed by atoms with Gasteiger partial charge < -0.3 is 14.6 Å². The van der Waals surface area contributed by atoms with Gasteiger partial charge in [0.1, 0.15) is 17.5 Å². The van der Waals surface area contributed by atoms with Crippen molar-refractivity contribution in [2.45, 2.75) is 26.3 Å². The Morgan fingerprint density at radius 1 is 1.23 bits per heavy atom. The van der Waals surface area contributed by atoms with E-state index in [-0.39, 0.29) is 30.0 Å². The number of halogens is 2. The van der Waals surface area contributed by atoms with Crippen LogP contribution in [0.3, 0.4) is 0 Å². The van der Waals surface area contributed by atoms with E-state index in [9.17, 15) is 23.2 Å². The molecule has 31 heavy (non-hydrogen) atoms. The van der Waals surface area contributed by atoms with Gasteiger partial charge in [-0.2, -0.15) is 0 Å². The zero-order chi connectivity index (χ0) is 22.5. The van der Waals surface area contributed by atoms with E-state index in [0.717, 1.165) is 16.7 Å². The van der Waals surface area contributed by atoms with Crippen LogP contribution in [0.1, 0.15) is 34.8 Å². The molecule has 162 valence electrons. The van der Waals surface area contributed by atoms with Crippen molar-refractivity contribution >= 4 is 17.6 Å². The number of rotatable bonds is 7. The summed E-state index contributed by atoms with van der Waals surface area (Å²) >= 11 is 0. The van der Waals surface area contributed by atoms with Gasteiger partial charge in [-0.25, -0.2) is 13.6 Å². The maximum absolute atomic E-state index is 13.6. The molecule has 0 spiro atoms. The summed E-state index contributed by atoms with van der Waals surface area (Å²) in [5.74, 6) is -3.08. The molecule has 2 heterocycles. The Labute approximate surface area is 175 Å². The number of aromatic nitrogens is 2. The van der Waals surface area contributed by atoms with E-state index >= 15 is 0 Å². The number of pyridine rings is 1. The molecule has 1 aromatic carbocycles. The maximum Gasteiger partial charge on any atom is 0.329 e. The fraction of sp³-hybridized carbons (Fsp3) is 0.238. The Balaban J connectivity index is 1.94. The molecule has 2 aromatic heterocycles. The first kappa shape index (κ1) is 21.9. The van der Waals surface area contributed by atoms with Crippen LogP contribution in [-0.4, -0.2) is 28.2 Å². The van der Waals surface area contributed by atoms with Crippen molar-refractivity contribution in [3.63, 3.8) is 0 Å². The average molecular weight is 431 g/mol. The van der Waals surface area contributed by atoms with Crippen molar-refractivity contribution in [1.82, 2.24) is 9.72 Å². The van der Waals surface area contributed by atoms with Crippen LogP contribution in [0, 0.1) is 18.6 Å². The number of hydrogen-bond acceptors (Lipinski definition) is 6. The Morgan fingerprint density at radius 3 is 2.65 bits per heavy atom. The Kier molecular flexibility index (Phi) is 6.58. The molecule has 0 bridgehead atoms. The first-order valence-corrected chi connectivity index (χ1v) is 9.36. The molecule has 0 aliphatic carbocycles. The first-order chi connectivity index (χ1) is 14.8. The minimum atomic E-state index is -1.16. The molecule has 0 saturated carbocycles. The SMILES string of the molecule is CCOC(=O)[C@@H](Cc1ccc(F)c(F)c1)n1cccc(NC(=O)c2cc(C)on2)c1=O. The van der Waals surface area contributed by atoms with E-state index in [1.165, 1.54) is 30.5 Å². The summed E-state index contributed by atoms with van der Waals surface area (Å²) in [6, 6.07) is 6.27. The van der Waals surface area contributed by atoms with Gasteiger partial charge in [-0.3, -0.25) is 14.2 Å². The zero-order valence-corrected chi connectivity index (χ0v) is 16.7. The van der Waals surface area contributed by atoms with Gasteiger partial charge in [0.15, 0.2) is 17.3 Å². The van der Waals surface area contributed by atoms with Crippen molar-refractivity contribution in [3.8, 4) is 0 Å². The van der Waals surface area contributed by atoms with Crippen LogP contribution < -0.4 is 10.9 Å². The average Bonchev–Trinajstić information content (AvgIpc) is 3.17. The maximum atomic E-state index is 13.6. The predicted molar refractivity (Wildman–Crippen MR) is 106 cm³/mol. The number of nitrogens with zero attached hydrogens (tertiary/aromatic N) is 2. The van der Waals surface area contributed by atoms with Gasteiger partial charge >= 0.3 is 5.97 Å². The van der Waals surface area contributed by atoms with Crippen molar-refractivity contribution in [2.24, 2.45) is 0 Å². The highest BCUT2D eigenvalue weighted by molar-refractivity contribution is 6.02. The van der Waals surface area contributed by atoms with Crippen LogP contribution in [0.4, 0.5) is 14.5 Å². The number of aryl methyl sites for hydroxylation is 1. The molecule has 1 atom stereocenters. The van der Waals surface area contributed by atoms with Crippen LogP contribution in [0.15, 0.2) is 51.9 Å². The number of carbonyl (C=O) groups is 2. The van der Waals surface area contributed by atoms with E-state index in [1.54, 1.807) is 13.8 Å². The Hall–Kier alpha value is -3.82. The number of hydrogen-bond donors (Lipinski definition) is 1. The van der Waals surface area contributed by atoms with Crippen LogP contribution in [0.5, 0.6) is 0 Å². The second-order valence-electron chi connectivity index (χ2n) is 6.63. The molecular formula is C21H19F2N3O5. The van der Waals surface area contributed by atoms with E-state index in [4.69, 9.17) is 9.26 Å². The number of ether oxygens (including phenoxy) is 1. The lowest BCUT2D eigenvalue weighted by Crippen LogP contribution is -2.34. The Morgan fingerprint density at radius 2 is 2.00 bits per heavy atom. The highest BCUT2D eigenvalue weighted by Crippen LogP contribution is 2.18. The third kappa shape index (κ3) is 5.03. The second-order valence-corrected chi connectivity index (χ2v) is 6.63. The highest BCUT2D eigenvalue weighted by atomic mass is 19.2. The van der Waals surface area contributed by atoms with Gasteiger partial charge in [0.2, 0.25) is 0 Å². The van der Waals surface area contributed by atoms with E-state index < -0.39 is 35.1 Å². The molecule has 3 aromatic rings. The number of carbonyl (C=O) groups excluding carboxylic acids is 2. The molecule has 1 N–H and O–H groups in total. The summed E-state index contributed by atoms with van der Waals surface area (Å²) < 4.78 is 37.8. The van der Waals surface area contributed by atoms with Gasteiger partial charge in [-0.15, -0.1) is 0 Å². The van der Waals surface area contributed by atoms with Crippen LogP contribution >= 0.6 is 0 Å². The van der Waals surface area contributed by atoms with Gasteiger partial charge in [-0.1, -0.05) is 11.2 Å². The number of anilines is 1. The van der Waals surface area contributed by atoms with Gasteiger partial charge in [0.25, 0.3) is 11.5 Å². The second kappa shape index (κ2) is 9.33. The minimum Gasteiger partial charge on any atom is -0.464 e. The lowest BCUT2D eigenvalue weighted by atomic mass is 10.1. The summed E-state index contributed by atoms with van der Waals surface area (Å²) in [4.78, 5) is 37.8. The molecule has 3 rings (SSSR count). The van der Waals surface area contributed by atoms with Crippen molar-refractivity contribution in [2.75, 3.05) is 11.9 Å². The third-order valence-corrected chi connectivity index (χ3v) is 4.39. The lowest BCUT2D eigenvalue weighted by molar-refractivity contribution is -0.147. The molecule has 8 nitrogen and oxygen atoms in total. The molecule has 0 saturated heterocycles. The minimum absolute atomic E-state index is 0.0176. The normalized spacial score (nSPS) is 11.7. The summed E-state index contributed by atoms with van der Waals surface area (Å²) in [5.41, 5.74) is -0.517. The molecule has 0 radical (unpaired) electrons. The van der Waals surface area contributed by atoms with E-state index in [1.807, 2.05) is 0 Å². The number of nitrogens with one attached hydrogen (secondary N) is 1. The largest absolute Gasteiger partial charge is 0.464 e. The van der Waals surface area contributed by atoms with Crippen LogP contribution in [0.2, 0.25) is 0 Å². The van der Waals surface area contributed by atoms with Gasteiger partial charge in [0, 0.05) is 18.7 Å². The lowest BCUT2D eigenvalue weighted by Gasteiger charge is -2.19. The van der Waals surface area contributed by atoms with Crippen molar-refractivity contribution < 1.29 is 27.6 Å². The molecule has 10 heteroatoms. The highest BCUT2D eigenvalue weighted by Gasteiger charge is 2.25. The summed E-state index contributed by atoms with van der Waals surface area (Å²) in [5, 5.41) is 6.02. The van der Waals surface area contributed by atoms with Gasteiger partial charge in [-0.05, 0) is 43.7 Å². The van der Waals surface area contributed by atoms with Crippen molar-refractivity contribution in [1.29, 1.82) is 0 Å². The fourth-order valence-corrected chi connectivity index (χ4v) is 2.93. The van der Waals surface area contributed by atoms with E-state index in [0.29, 0.717) is 5.76 Å². The molecule has 0 aliphatic rings. The number of benzene rings is 1. The predicted octanol–water partition coefficient (Wildman–Crippen LogP) is 3.02. The smallest absolute Gasteiger partial charge is 0.329 e.